The molecule has 0 aliphatic carbocycles. The van der Waals surface area contributed by atoms with Gasteiger partial charge in [-0.05, 0) is 17.7 Å². The number of nitriles is 1. The lowest BCUT2D eigenvalue weighted by atomic mass is 10.1. The van der Waals surface area contributed by atoms with E-state index < -0.39 is 22.1 Å². The number of hydrogen-bond acceptors (Lipinski definition) is 7. The van der Waals surface area contributed by atoms with Crippen molar-refractivity contribution in [1.29, 1.82) is 5.26 Å². The third kappa shape index (κ3) is 2.91. The zero-order valence-electron chi connectivity index (χ0n) is 10.9. The highest BCUT2D eigenvalue weighted by Crippen LogP contribution is 2.36. The Kier molecular flexibility index (Phi) is 3.86. The summed E-state index contributed by atoms with van der Waals surface area (Å²) in [6, 6.07) is 3.90. The molecule has 0 atom stereocenters. The van der Waals surface area contributed by atoms with Crippen molar-refractivity contribution in [2.24, 2.45) is 0 Å². The minimum absolute atomic E-state index is 0.00258. The predicted octanol–water partition coefficient (Wildman–Crippen LogP) is 0.990. The van der Waals surface area contributed by atoms with Crippen LogP contribution in [-0.4, -0.2) is 25.3 Å². The van der Waals surface area contributed by atoms with Crippen molar-refractivity contribution in [3.8, 4) is 17.6 Å². The number of aromatic nitrogens is 2. The number of nitro benzene ring substituents is 1. The number of benzene rings is 1. The molecule has 3 N–H and O–H groups in total. The van der Waals surface area contributed by atoms with E-state index in [1.165, 1.54) is 24.7 Å². The molecule has 1 aromatic carbocycles. The Morgan fingerprint density at radius 1 is 1.45 bits per heavy atom. The number of aromatic hydroxyl groups is 2. The standard InChI is InChI=1S/C13H8N4O5/c14-6-9(10-7-16(20)2-1-15-10)3-8-4-11(17(21)22)13(19)12(18)5-8/h1-5,7,15,20H/p+1/b9-3+. The van der Waals surface area contributed by atoms with Gasteiger partial charge in [-0.1, -0.05) is 0 Å². The average Bonchev–Trinajstić information content (AvgIpc) is 2.47. The fraction of sp³-hybridized carbons (Fsp3) is 0. The van der Waals surface area contributed by atoms with E-state index in [0.29, 0.717) is 4.73 Å². The van der Waals surface area contributed by atoms with Crippen molar-refractivity contribution in [2.75, 3.05) is 0 Å². The molecule has 0 amide bonds. The summed E-state index contributed by atoms with van der Waals surface area (Å²) in [5, 5.41) is 48.1. The molecule has 2 rings (SSSR count). The second kappa shape index (κ2) is 5.76. The summed E-state index contributed by atoms with van der Waals surface area (Å²) in [6.07, 6.45) is 4.91. The number of allylic oxidation sites excluding steroid dienone is 1. The molecule has 22 heavy (non-hydrogen) atoms. The molecule has 0 saturated heterocycles. The van der Waals surface area contributed by atoms with Crippen LogP contribution in [0.5, 0.6) is 11.5 Å². The second-order valence-electron chi connectivity index (χ2n) is 4.16. The smallest absolute Gasteiger partial charge is 0.315 e. The minimum atomic E-state index is -0.860. The van der Waals surface area contributed by atoms with Gasteiger partial charge < -0.3 is 10.2 Å². The van der Waals surface area contributed by atoms with Crippen molar-refractivity contribution < 1.29 is 25.1 Å². The molecule has 0 fully saturated rings. The zero-order valence-corrected chi connectivity index (χ0v) is 10.9. The van der Waals surface area contributed by atoms with Gasteiger partial charge in [-0.25, -0.2) is 4.98 Å². The number of nitro groups is 1. The van der Waals surface area contributed by atoms with Crippen molar-refractivity contribution in [3.63, 3.8) is 0 Å². The summed E-state index contributed by atoms with van der Waals surface area (Å²) in [5.41, 5.74) is -0.444. The molecule has 0 spiro atoms. The predicted molar refractivity (Wildman–Crippen MR) is 71.5 cm³/mol. The maximum absolute atomic E-state index is 10.8. The highest BCUT2D eigenvalue weighted by Gasteiger charge is 2.19. The van der Waals surface area contributed by atoms with Crippen molar-refractivity contribution in [1.82, 2.24) is 4.98 Å². The summed E-state index contributed by atoms with van der Waals surface area (Å²) in [7, 11) is 0. The van der Waals surface area contributed by atoms with E-state index in [0.717, 1.165) is 12.1 Å². The van der Waals surface area contributed by atoms with Crippen molar-refractivity contribution in [2.45, 2.75) is 0 Å². The molecule has 0 unspecified atom stereocenters. The maximum atomic E-state index is 10.8. The third-order valence-electron chi connectivity index (χ3n) is 2.68. The molecule has 2 aromatic rings. The molecule has 0 saturated carbocycles. The van der Waals surface area contributed by atoms with Gasteiger partial charge in [0.2, 0.25) is 18.1 Å². The Hall–Kier alpha value is -3.67. The Morgan fingerprint density at radius 2 is 2.18 bits per heavy atom. The zero-order chi connectivity index (χ0) is 16.3. The van der Waals surface area contributed by atoms with Gasteiger partial charge in [-0.3, -0.25) is 15.3 Å². The largest absolute Gasteiger partial charge is 0.504 e. The van der Waals surface area contributed by atoms with Crippen LogP contribution in [0.1, 0.15) is 11.3 Å². The van der Waals surface area contributed by atoms with Gasteiger partial charge in [0, 0.05) is 10.8 Å². The molecular formula is C13H9N4O5+. The first kappa shape index (κ1) is 14.7. The van der Waals surface area contributed by atoms with E-state index in [9.17, 15) is 25.5 Å². The van der Waals surface area contributed by atoms with E-state index in [1.54, 1.807) is 0 Å². The van der Waals surface area contributed by atoms with Crippen molar-refractivity contribution in [3.05, 3.63) is 52.1 Å². The summed E-state index contributed by atoms with van der Waals surface area (Å²) in [4.78, 5) is 13.8. The number of nitrogens with zero attached hydrogens (tertiary/aromatic N) is 4. The van der Waals surface area contributed by atoms with Crippen LogP contribution in [0.25, 0.3) is 11.6 Å². The minimum Gasteiger partial charge on any atom is -0.504 e. The molecule has 1 heterocycles. The van der Waals surface area contributed by atoms with Crippen LogP contribution in [0.4, 0.5) is 5.69 Å². The summed E-state index contributed by atoms with van der Waals surface area (Å²) >= 11 is 0. The fourth-order valence-electron chi connectivity index (χ4n) is 1.70. The summed E-state index contributed by atoms with van der Waals surface area (Å²) in [6.45, 7) is 0. The topological polar surface area (TPSA) is 144 Å². The van der Waals surface area contributed by atoms with E-state index in [4.69, 9.17) is 5.26 Å². The van der Waals surface area contributed by atoms with Crippen LogP contribution in [0.2, 0.25) is 0 Å². The Bertz CT molecular complexity index is 826. The number of hydrogen-bond donors (Lipinski definition) is 3. The Balaban J connectivity index is 2.56. The van der Waals surface area contributed by atoms with E-state index in [-0.39, 0.29) is 16.8 Å². The first-order chi connectivity index (χ1) is 10.4. The quantitative estimate of drug-likeness (QED) is 0.191. The average molecular weight is 301 g/mol. The molecule has 1 aromatic heterocycles. The first-order valence-corrected chi connectivity index (χ1v) is 5.81. The van der Waals surface area contributed by atoms with Crippen LogP contribution in [0.3, 0.4) is 0 Å². The van der Waals surface area contributed by atoms with Gasteiger partial charge in [0.15, 0.2) is 5.75 Å². The van der Waals surface area contributed by atoms with Gasteiger partial charge in [0.05, 0.1) is 16.7 Å². The number of phenols is 2. The second-order valence-corrected chi connectivity index (χ2v) is 4.16. The lowest BCUT2D eigenvalue weighted by Crippen LogP contribution is -2.29. The van der Waals surface area contributed by atoms with Gasteiger partial charge in [0.1, 0.15) is 11.8 Å². The van der Waals surface area contributed by atoms with Crippen LogP contribution < -0.4 is 4.73 Å². The lowest BCUT2D eigenvalue weighted by molar-refractivity contribution is -0.905. The highest BCUT2D eigenvalue weighted by molar-refractivity contribution is 5.88. The van der Waals surface area contributed by atoms with E-state index >= 15 is 0 Å². The molecule has 0 aliphatic heterocycles. The normalized spacial score (nSPS) is 11.0. The van der Waals surface area contributed by atoms with Crippen LogP contribution in [0.15, 0.2) is 30.7 Å². The first-order valence-electron chi connectivity index (χ1n) is 5.81. The SMILES string of the molecule is N#C/C(=C\c1cc(O)c(O)c([N+](=O)[O-])c1)c1c[n+](O)ccn1. The molecule has 0 radical (unpaired) electrons. The highest BCUT2D eigenvalue weighted by atomic mass is 16.6. The monoisotopic (exact) mass is 301 g/mol. The van der Waals surface area contributed by atoms with Crippen molar-refractivity contribution >= 4 is 17.3 Å². The van der Waals surface area contributed by atoms with Gasteiger partial charge >= 0.3 is 5.69 Å². The van der Waals surface area contributed by atoms with Gasteiger partial charge in [-0.2, -0.15) is 5.26 Å². The number of rotatable bonds is 3. The Morgan fingerprint density at radius 3 is 2.77 bits per heavy atom. The molecule has 9 nitrogen and oxygen atoms in total. The van der Waals surface area contributed by atoms with E-state index in [1.807, 2.05) is 6.07 Å². The fourth-order valence-corrected chi connectivity index (χ4v) is 1.70. The molecule has 0 aliphatic rings. The summed E-state index contributed by atoms with van der Waals surface area (Å²) in [5.74, 6) is -1.54. The maximum Gasteiger partial charge on any atom is 0.315 e. The third-order valence-corrected chi connectivity index (χ3v) is 2.68. The van der Waals surface area contributed by atoms with Crippen LogP contribution in [0, 0.1) is 21.4 Å². The molecule has 0 bridgehead atoms. The lowest BCUT2D eigenvalue weighted by Gasteiger charge is -2.02. The van der Waals surface area contributed by atoms with Gasteiger partial charge in [0.25, 0.3) is 0 Å². The van der Waals surface area contributed by atoms with Crippen LogP contribution >= 0.6 is 0 Å². The summed E-state index contributed by atoms with van der Waals surface area (Å²) < 4.78 is 0.699. The van der Waals surface area contributed by atoms with E-state index in [2.05, 4.69) is 4.98 Å². The Labute approximate surface area is 123 Å². The molecule has 9 heteroatoms. The number of phenolic OH excluding ortho intramolecular Hbond substituents is 2. The van der Waals surface area contributed by atoms with Gasteiger partial charge in [-0.15, -0.1) is 0 Å². The molecule has 110 valence electrons. The molecular weight excluding hydrogens is 292 g/mol. The van der Waals surface area contributed by atoms with Crippen LogP contribution in [-0.2, 0) is 0 Å².